The van der Waals surface area contributed by atoms with E-state index >= 15 is 0 Å². The molecular weight excluding hydrogens is 416 g/mol. The zero-order valence-electron chi connectivity index (χ0n) is 16.0. The van der Waals surface area contributed by atoms with Crippen molar-refractivity contribution in [2.45, 2.75) is 13.3 Å². The van der Waals surface area contributed by atoms with Crippen molar-refractivity contribution in [1.29, 1.82) is 0 Å². The van der Waals surface area contributed by atoms with Gasteiger partial charge in [-0.05, 0) is 42.1 Å². The van der Waals surface area contributed by atoms with Crippen LogP contribution in [0.4, 0.5) is 0 Å². The first kappa shape index (κ1) is 17.6. The van der Waals surface area contributed by atoms with Crippen molar-refractivity contribution in [1.82, 2.24) is 14.9 Å². The maximum Gasteiger partial charge on any atom is 0.194 e. The molecule has 6 rings (SSSR count). The number of furan rings is 1. The van der Waals surface area contributed by atoms with Crippen LogP contribution in [0, 0.1) is 6.92 Å². The minimum absolute atomic E-state index is 0.588. The molecular formula is C23H15ClN4OS. The van der Waals surface area contributed by atoms with Crippen LogP contribution in [0.3, 0.4) is 0 Å². The Labute approximate surface area is 181 Å². The normalized spacial score (nSPS) is 13.1. The van der Waals surface area contributed by atoms with Crippen molar-refractivity contribution in [3.8, 4) is 10.7 Å². The standard InChI is InChI=1S/C23H15ClN4OS/c1-13-4-9-16-17-12-20-25-26-23(19-3-2-10-30-19)28(20)27-21(22(17)29-18(16)11-13)14-5-7-15(24)8-6-14/h2-11H,12H2,1H3. The van der Waals surface area contributed by atoms with Gasteiger partial charge in [0.15, 0.2) is 17.4 Å². The van der Waals surface area contributed by atoms with E-state index in [0.29, 0.717) is 11.4 Å². The lowest BCUT2D eigenvalue weighted by Gasteiger charge is -2.06. The Balaban J connectivity index is 1.65. The molecule has 3 aromatic heterocycles. The molecule has 0 atom stereocenters. The van der Waals surface area contributed by atoms with Gasteiger partial charge in [-0.3, -0.25) is 0 Å². The van der Waals surface area contributed by atoms with Gasteiger partial charge in [-0.2, -0.15) is 9.78 Å². The molecule has 0 radical (unpaired) electrons. The smallest absolute Gasteiger partial charge is 0.194 e. The fourth-order valence-electron chi connectivity index (χ4n) is 3.81. The summed E-state index contributed by atoms with van der Waals surface area (Å²) in [7, 11) is 0. The summed E-state index contributed by atoms with van der Waals surface area (Å²) in [6.45, 7) is 2.06. The first-order valence-electron chi connectivity index (χ1n) is 9.53. The van der Waals surface area contributed by atoms with E-state index in [1.54, 1.807) is 11.3 Å². The number of halogens is 1. The molecule has 0 unspecified atom stereocenters. The molecule has 0 saturated heterocycles. The third kappa shape index (κ3) is 2.72. The first-order chi connectivity index (χ1) is 14.7. The Kier molecular flexibility index (Phi) is 3.91. The zero-order valence-corrected chi connectivity index (χ0v) is 17.5. The van der Waals surface area contributed by atoms with Gasteiger partial charge < -0.3 is 4.42 Å². The average Bonchev–Trinajstić information content (AvgIpc) is 3.45. The third-order valence-corrected chi connectivity index (χ3v) is 6.38. The molecule has 0 saturated carbocycles. The molecule has 7 heteroatoms. The zero-order chi connectivity index (χ0) is 20.2. The van der Waals surface area contributed by atoms with Gasteiger partial charge in [0, 0.05) is 28.0 Å². The summed E-state index contributed by atoms with van der Waals surface area (Å²) in [6.07, 6.45) is 0.588. The minimum atomic E-state index is 0.588. The Hall–Kier alpha value is -3.22. The van der Waals surface area contributed by atoms with Crippen molar-refractivity contribution in [3.05, 3.63) is 93.3 Å². The van der Waals surface area contributed by atoms with Gasteiger partial charge in [-0.1, -0.05) is 41.9 Å². The molecule has 0 fully saturated rings. The lowest BCUT2D eigenvalue weighted by Crippen LogP contribution is -2.06. The van der Waals surface area contributed by atoms with Crippen LogP contribution in [0.5, 0.6) is 0 Å². The number of fused-ring (bicyclic) bond motifs is 4. The SMILES string of the molecule is Cc1ccc2c3c(oc2c1)C(c1ccc(Cl)cc1)=Nn1c(nnc1-c1cccs1)C3. The monoisotopic (exact) mass is 430 g/mol. The summed E-state index contributed by atoms with van der Waals surface area (Å²) in [5.41, 5.74) is 4.75. The number of hydrogen-bond acceptors (Lipinski definition) is 5. The van der Waals surface area contributed by atoms with Crippen molar-refractivity contribution in [3.63, 3.8) is 0 Å². The number of rotatable bonds is 2. The molecule has 0 spiro atoms. The second kappa shape index (κ2) is 6.65. The quantitative estimate of drug-likeness (QED) is 0.342. The minimum Gasteiger partial charge on any atom is -0.454 e. The molecule has 0 bridgehead atoms. The molecule has 2 aromatic carbocycles. The topological polar surface area (TPSA) is 56.2 Å². The molecule has 1 aliphatic heterocycles. The molecule has 5 nitrogen and oxygen atoms in total. The van der Waals surface area contributed by atoms with Crippen LogP contribution in [0.15, 0.2) is 69.5 Å². The molecule has 0 aliphatic carbocycles. The van der Waals surface area contributed by atoms with Crippen molar-refractivity contribution in [2.24, 2.45) is 5.10 Å². The highest BCUT2D eigenvalue weighted by atomic mass is 35.5. The maximum absolute atomic E-state index is 6.36. The van der Waals surface area contributed by atoms with Crippen LogP contribution >= 0.6 is 22.9 Å². The van der Waals surface area contributed by atoms with Gasteiger partial charge in [0.25, 0.3) is 0 Å². The number of thiophene rings is 1. The maximum atomic E-state index is 6.36. The molecule has 0 amide bonds. The Morgan fingerprint density at radius 3 is 2.73 bits per heavy atom. The van der Waals surface area contributed by atoms with E-state index < -0.39 is 0 Å². The third-order valence-electron chi connectivity index (χ3n) is 5.26. The summed E-state index contributed by atoms with van der Waals surface area (Å²) in [5.74, 6) is 2.28. The van der Waals surface area contributed by atoms with Crippen molar-refractivity contribution in [2.75, 3.05) is 0 Å². The van der Waals surface area contributed by atoms with Gasteiger partial charge >= 0.3 is 0 Å². The highest BCUT2D eigenvalue weighted by Crippen LogP contribution is 2.34. The van der Waals surface area contributed by atoms with Gasteiger partial charge in [0.1, 0.15) is 11.3 Å². The van der Waals surface area contributed by atoms with E-state index in [9.17, 15) is 0 Å². The second-order valence-corrected chi connectivity index (χ2v) is 8.65. The van der Waals surface area contributed by atoms with E-state index in [1.165, 1.54) is 0 Å². The fourth-order valence-corrected chi connectivity index (χ4v) is 4.63. The van der Waals surface area contributed by atoms with Gasteiger partial charge in [0.2, 0.25) is 0 Å². The van der Waals surface area contributed by atoms with Crippen LogP contribution in [0.25, 0.3) is 21.7 Å². The summed E-state index contributed by atoms with van der Waals surface area (Å²) >= 11 is 7.75. The highest BCUT2D eigenvalue weighted by molar-refractivity contribution is 7.13. The second-order valence-electron chi connectivity index (χ2n) is 7.27. The van der Waals surface area contributed by atoms with Crippen molar-refractivity contribution >= 4 is 39.6 Å². The summed E-state index contributed by atoms with van der Waals surface area (Å²) in [4.78, 5) is 1.02. The van der Waals surface area contributed by atoms with Crippen molar-refractivity contribution < 1.29 is 4.42 Å². The molecule has 0 N–H and O–H groups in total. The summed E-state index contributed by atoms with van der Waals surface area (Å²) in [6, 6.07) is 18.0. The van der Waals surface area contributed by atoms with Crippen LogP contribution < -0.4 is 0 Å². The van der Waals surface area contributed by atoms with E-state index in [2.05, 4.69) is 35.3 Å². The number of nitrogens with zero attached hydrogens (tertiary/aromatic N) is 4. The Morgan fingerprint density at radius 1 is 1.07 bits per heavy atom. The lowest BCUT2D eigenvalue weighted by molar-refractivity contribution is 0.600. The highest BCUT2D eigenvalue weighted by Gasteiger charge is 2.28. The molecule has 146 valence electrons. The number of hydrogen-bond donors (Lipinski definition) is 0. The number of aromatic nitrogens is 3. The van der Waals surface area contributed by atoms with E-state index in [4.69, 9.17) is 21.1 Å². The molecule has 1 aliphatic rings. The van der Waals surface area contributed by atoms with Crippen LogP contribution in [-0.4, -0.2) is 20.6 Å². The van der Waals surface area contributed by atoms with Crippen LogP contribution in [0.1, 0.15) is 28.3 Å². The fraction of sp³-hybridized carbons (Fsp3) is 0.0870. The lowest BCUT2D eigenvalue weighted by atomic mass is 10.0. The van der Waals surface area contributed by atoms with E-state index in [0.717, 1.165) is 55.7 Å². The van der Waals surface area contributed by atoms with Gasteiger partial charge in [0.05, 0.1) is 4.88 Å². The predicted molar refractivity (Wildman–Crippen MR) is 120 cm³/mol. The van der Waals surface area contributed by atoms with Crippen LogP contribution in [-0.2, 0) is 6.42 Å². The molecule has 5 aromatic rings. The van der Waals surface area contributed by atoms with E-state index in [1.807, 2.05) is 46.5 Å². The van der Waals surface area contributed by atoms with Gasteiger partial charge in [-0.15, -0.1) is 21.5 Å². The largest absolute Gasteiger partial charge is 0.454 e. The number of benzene rings is 2. The summed E-state index contributed by atoms with van der Waals surface area (Å²) < 4.78 is 8.20. The average molecular weight is 431 g/mol. The van der Waals surface area contributed by atoms with Gasteiger partial charge in [-0.25, -0.2) is 0 Å². The Morgan fingerprint density at radius 2 is 1.93 bits per heavy atom. The molecule has 30 heavy (non-hydrogen) atoms. The first-order valence-corrected chi connectivity index (χ1v) is 10.8. The van der Waals surface area contributed by atoms with Crippen LogP contribution in [0.2, 0.25) is 5.02 Å². The molecule has 4 heterocycles. The Bertz CT molecular complexity index is 1430. The predicted octanol–water partition coefficient (Wildman–Crippen LogP) is 5.92. The summed E-state index contributed by atoms with van der Waals surface area (Å²) in [5, 5.41) is 17.7. The number of aryl methyl sites for hydroxylation is 1. The van der Waals surface area contributed by atoms with E-state index in [-0.39, 0.29) is 0 Å².